The average molecular weight is 324 g/mol. The molecule has 0 radical (unpaired) electrons. The Hall–Kier alpha value is -3.35. The first-order valence-electron chi connectivity index (χ1n) is 7.38. The van der Waals surface area contributed by atoms with E-state index < -0.39 is 6.04 Å². The molecule has 3 aromatic rings. The van der Waals surface area contributed by atoms with Crippen LogP contribution in [0.5, 0.6) is 0 Å². The van der Waals surface area contributed by atoms with Gasteiger partial charge in [-0.2, -0.15) is 5.10 Å². The highest BCUT2D eigenvalue weighted by molar-refractivity contribution is 6.02. The number of benzene rings is 1. The van der Waals surface area contributed by atoms with Crippen LogP contribution in [0.1, 0.15) is 23.5 Å². The number of hydrogen-bond acceptors (Lipinski definition) is 4. The van der Waals surface area contributed by atoms with Crippen LogP contribution in [0.25, 0.3) is 0 Å². The fraction of sp³-hybridized carbons (Fsp3) is 0.118. The lowest BCUT2D eigenvalue weighted by atomic mass is 10.2. The Balaban J connectivity index is 1.60. The second-order valence-electron chi connectivity index (χ2n) is 5.16. The molecule has 1 unspecified atom stereocenters. The van der Waals surface area contributed by atoms with Crippen molar-refractivity contribution in [3.8, 4) is 0 Å². The monoisotopic (exact) mass is 324 g/mol. The van der Waals surface area contributed by atoms with Gasteiger partial charge in [-0.05, 0) is 49.4 Å². The van der Waals surface area contributed by atoms with Crippen molar-refractivity contribution in [3.63, 3.8) is 0 Å². The molecular formula is C17H16N4O3. The van der Waals surface area contributed by atoms with Crippen LogP contribution in [0.3, 0.4) is 0 Å². The standard InChI is InChI=1S/C17H16N4O3/c1-12(21-10-3-9-18-21)16(22)19-13-5-7-14(8-6-13)20-17(23)15-4-2-11-24-15/h2-12H,1H3,(H,19,22)(H,20,23). The minimum absolute atomic E-state index is 0.175. The van der Waals surface area contributed by atoms with Gasteiger partial charge in [0.05, 0.1) is 6.26 Å². The summed E-state index contributed by atoms with van der Waals surface area (Å²) in [7, 11) is 0. The lowest BCUT2D eigenvalue weighted by Gasteiger charge is -2.13. The van der Waals surface area contributed by atoms with Gasteiger partial charge in [-0.3, -0.25) is 14.3 Å². The molecule has 0 saturated heterocycles. The van der Waals surface area contributed by atoms with E-state index in [-0.39, 0.29) is 17.6 Å². The highest BCUT2D eigenvalue weighted by Gasteiger charge is 2.15. The van der Waals surface area contributed by atoms with Crippen LogP contribution < -0.4 is 10.6 Å². The summed E-state index contributed by atoms with van der Waals surface area (Å²) in [6.45, 7) is 1.76. The van der Waals surface area contributed by atoms with Gasteiger partial charge in [-0.15, -0.1) is 0 Å². The van der Waals surface area contributed by atoms with Crippen molar-refractivity contribution in [2.45, 2.75) is 13.0 Å². The quantitative estimate of drug-likeness (QED) is 0.755. The number of nitrogens with one attached hydrogen (secondary N) is 2. The molecule has 0 aliphatic rings. The maximum atomic E-state index is 12.2. The van der Waals surface area contributed by atoms with Crippen LogP contribution in [0.15, 0.2) is 65.5 Å². The van der Waals surface area contributed by atoms with E-state index in [9.17, 15) is 9.59 Å². The number of carbonyl (C=O) groups is 2. The summed E-state index contributed by atoms with van der Waals surface area (Å²) in [5.74, 6) is -0.268. The van der Waals surface area contributed by atoms with Crippen molar-refractivity contribution < 1.29 is 14.0 Å². The molecule has 1 atom stereocenters. The highest BCUT2D eigenvalue weighted by atomic mass is 16.3. The Bertz CT molecular complexity index is 808. The lowest BCUT2D eigenvalue weighted by Crippen LogP contribution is -2.23. The molecule has 7 heteroatoms. The van der Waals surface area contributed by atoms with Gasteiger partial charge >= 0.3 is 0 Å². The SMILES string of the molecule is CC(C(=O)Nc1ccc(NC(=O)c2ccco2)cc1)n1cccn1. The smallest absolute Gasteiger partial charge is 0.291 e. The van der Waals surface area contributed by atoms with E-state index in [0.29, 0.717) is 11.4 Å². The minimum atomic E-state index is -0.418. The van der Waals surface area contributed by atoms with Crippen LogP contribution in [-0.4, -0.2) is 21.6 Å². The van der Waals surface area contributed by atoms with Gasteiger partial charge in [0.15, 0.2) is 5.76 Å². The molecule has 1 aromatic carbocycles. The number of furan rings is 1. The predicted octanol–water partition coefficient (Wildman–Crippen LogP) is 2.93. The Morgan fingerprint density at radius 3 is 2.38 bits per heavy atom. The molecule has 0 bridgehead atoms. The fourth-order valence-electron chi connectivity index (χ4n) is 2.11. The zero-order valence-corrected chi connectivity index (χ0v) is 13.0. The average Bonchev–Trinajstić information content (AvgIpc) is 3.29. The zero-order valence-electron chi connectivity index (χ0n) is 13.0. The van der Waals surface area contributed by atoms with E-state index in [1.165, 1.54) is 6.26 Å². The van der Waals surface area contributed by atoms with Crippen LogP contribution in [0.4, 0.5) is 11.4 Å². The molecule has 0 aliphatic carbocycles. The van der Waals surface area contributed by atoms with Gasteiger partial charge in [-0.1, -0.05) is 0 Å². The summed E-state index contributed by atoms with van der Waals surface area (Å²) in [6.07, 6.45) is 4.80. The lowest BCUT2D eigenvalue weighted by molar-refractivity contribution is -0.119. The Kier molecular flexibility index (Phi) is 4.42. The maximum absolute atomic E-state index is 12.2. The number of hydrogen-bond donors (Lipinski definition) is 2. The third-order valence-electron chi connectivity index (χ3n) is 3.46. The highest BCUT2D eigenvalue weighted by Crippen LogP contribution is 2.16. The molecule has 0 spiro atoms. The first kappa shape index (κ1) is 15.5. The second kappa shape index (κ2) is 6.82. The predicted molar refractivity (Wildman–Crippen MR) is 88.7 cm³/mol. The van der Waals surface area contributed by atoms with Crippen LogP contribution >= 0.6 is 0 Å². The fourth-order valence-corrected chi connectivity index (χ4v) is 2.11. The molecule has 7 nitrogen and oxygen atoms in total. The third-order valence-corrected chi connectivity index (χ3v) is 3.46. The minimum Gasteiger partial charge on any atom is -0.459 e. The van der Waals surface area contributed by atoms with Crippen molar-refractivity contribution in [3.05, 3.63) is 66.9 Å². The molecule has 122 valence electrons. The van der Waals surface area contributed by atoms with E-state index in [4.69, 9.17) is 4.42 Å². The van der Waals surface area contributed by atoms with E-state index in [1.54, 1.807) is 66.5 Å². The number of anilines is 2. The van der Waals surface area contributed by atoms with Crippen LogP contribution in [-0.2, 0) is 4.79 Å². The molecule has 2 heterocycles. The normalized spacial score (nSPS) is 11.7. The largest absolute Gasteiger partial charge is 0.459 e. The van der Waals surface area contributed by atoms with Gasteiger partial charge in [0.2, 0.25) is 5.91 Å². The van der Waals surface area contributed by atoms with Crippen LogP contribution in [0.2, 0.25) is 0 Å². The second-order valence-corrected chi connectivity index (χ2v) is 5.16. The van der Waals surface area contributed by atoms with Crippen LogP contribution in [0, 0.1) is 0 Å². The number of aromatic nitrogens is 2. The third kappa shape index (κ3) is 3.52. The number of nitrogens with zero attached hydrogens (tertiary/aromatic N) is 2. The summed E-state index contributed by atoms with van der Waals surface area (Å²) < 4.78 is 6.60. The van der Waals surface area contributed by atoms with Crippen molar-refractivity contribution in [1.29, 1.82) is 0 Å². The number of carbonyl (C=O) groups excluding carboxylic acids is 2. The van der Waals surface area contributed by atoms with Gasteiger partial charge < -0.3 is 15.1 Å². The number of rotatable bonds is 5. The Morgan fingerprint density at radius 2 is 1.79 bits per heavy atom. The zero-order chi connectivity index (χ0) is 16.9. The van der Waals surface area contributed by atoms with Crippen molar-refractivity contribution in [1.82, 2.24) is 9.78 Å². The Morgan fingerprint density at radius 1 is 1.08 bits per heavy atom. The molecule has 0 saturated carbocycles. The summed E-state index contributed by atoms with van der Waals surface area (Å²) >= 11 is 0. The molecular weight excluding hydrogens is 308 g/mol. The first-order chi connectivity index (χ1) is 11.6. The summed E-state index contributed by atoms with van der Waals surface area (Å²) in [4.78, 5) is 24.0. The molecule has 2 amide bonds. The van der Waals surface area contributed by atoms with Gasteiger partial charge in [0.25, 0.3) is 5.91 Å². The molecule has 2 N–H and O–H groups in total. The summed E-state index contributed by atoms with van der Waals surface area (Å²) in [5, 5.41) is 9.57. The van der Waals surface area contributed by atoms with E-state index in [0.717, 1.165) is 0 Å². The molecule has 0 aliphatic heterocycles. The topological polar surface area (TPSA) is 89.2 Å². The molecule has 3 rings (SSSR count). The maximum Gasteiger partial charge on any atom is 0.291 e. The van der Waals surface area contributed by atoms with Crippen molar-refractivity contribution in [2.75, 3.05) is 10.6 Å². The van der Waals surface area contributed by atoms with E-state index >= 15 is 0 Å². The van der Waals surface area contributed by atoms with Gasteiger partial charge in [0.1, 0.15) is 6.04 Å². The van der Waals surface area contributed by atoms with E-state index in [2.05, 4.69) is 15.7 Å². The van der Waals surface area contributed by atoms with Crippen molar-refractivity contribution in [2.24, 2.45) is 0 Å². The molecule has 0 fully saturated rings. The van der Waals surface area contributed by atoms with E-state index in [1.807, 2.05) is 0 Å². The van der Waals surface area contributed by atoms with Gasteiger partial charge in [0, 0.05) is 23.8 Å². The summed E-state index contributed by atoms with van der Waals surface area (Å²) in [6, 6.07) is 11.4. The first-order valence-corrected chi connectivity index (χ1v) is 7.38. The molecule has 24 heavy (non-hydrogen) atoms. The van der Waals surface area contributed by atoms with Crippen molar-refractivity contribution >= 4 is 23.2 Å². The van der Waals surface area contributed by atoms with Gasteiger partial charge in [-0.25, -0.2) is 0 Å². The molecule has 2 aromatic heterocycles. The number of amides is 2. The summed E-state index contributed by atoms with van der Waals surface area (Å²) in [5.41, 5.74) is 1.24. The Labute approximate surface area is 138 Å².